The van der Waals surface area contributed by atoms with Crippen LogP contribution in [0.15, 0.2) is 24.3 Å². The normalized spacial score (nSPS) is 20.7. The van der Waals surface area contributed by atoms with Crippen LogP contribution in [0.1, 0.15) is 29.6 Å². The van der Waals surface area contributed by atoms with Gasteiger partial charge in [-0.3, -0.25) is 19.3 Å². The van der Waals surface area contributed by atoms with Gasteiger partial charge in [0, 0.05) is 42.6 Å². The van der Waals surface area contributed by atoms with E-state index in [1.54, 1.807) is 29.2 Å². The average molecular weight is 378 g/mol. The Morgan fingerprint density at radius 3 is 2.81 bits per heavy atom. The lowest BCUT2D eigenvalue weighted by Crippen LogP contribution is -2.54. The van der Waals surface area contributed by atoms with E-state index in [0.717, 1.165) is 4.90 Å². The minimum atomic E-state index is -0.543. The van der Waals surface area contributed by atoms with Crippen LogP contribution in [0, 0.1) is 5.92 Å². The Hall–Kier alpha value is -2.41. The van der Waals surface area contributed by atoms with Crippen molar-refractivity contribution in [1.82, 2.24) is 15.1 Å². The Balaban J connectivity index is 1.64. The van der Waals surface area contributed by atoms with Crippen molar-refractivity contribution in [3.05, 3.63) is 34.9 Å². The number of amides is 4. The Morgan fingerprint density at radius 1 is 1.27 bits per heavy atom. The summed E-state index contributed by atoms with van der Waals surface area (Å²) in [5, 5.41) is 3.05. The van der Waals surface area contributed by atoms with E-state index in [4.69, 9.17) is 11.6 Å². The molecular weight excluding hydrogens is 358 g/mol. The first-order valence-electron chi connectivity index (χ1n) is 8.61. The van der Waals surface area contributed by atoms with Gasteiger partial charge < -0.3 is 10.2 Å². The quantitative estimate of drug-likeness (QED) is 0.809. The topological polar surface area (TPSA) is 86.8 Å². The van der Waals surface area contributed by atoms with Gasteiger partial charge >= 0.3 is 6.03 Å². The van der Waals surface area contributed by atoms with E-state index in [2.05, 4.69) is 5.32 Å². The second kappa shape index (κ2) is 7.86. The first-order valence-corrected chi connectivity index (χ1v) is 8.99. The Bertz CT molecular complexity index is 736. The van der Waals surface area contributed by atoms with Crippen molar-refractivity contribution < 1.29 is 19.2 Å². The molecule has 0 aliphatic carbocycles. The van der Waals surface area contributed by atoms with E-state index in [1.807, 2.05) is 0 Å². The van der Waals surface area contributed by atoms with Crippen molar-refractivity contribution in [3.8, 4) is 0 Å². The lowest BCUT2D eigenvalue weighted by atomic mass is 9.90. The molecule has 4 amide bonds. The molecule has 2 heterocycles. The number of piperidine rings is 1. The number of imide groups is 1. The second-order valence-electron chi connectivity index (χ2n) is 6.52. The lowest BCUT2D eigenvalue weighted by molar-refractivity contribution is -0.139. The molecule has 2 saturated heterocycles. The molecule has 26 heavy (non-hydrogen) atoms. The highest BCUT2D eigenvalue weighted by Crippen LogP contribution is 2.23. The maximum atomic E-state index is 12.7. The van der Waals surface area contributed by atoms with Crippen molar-refractivity contribution in [1.29, 1.82) is 0 Å². The smallest absolute Gasteiger partial charge is 0.324 e. The standard InChI is InChI=1S/C18H20ClN3O4/c19-14-5-1-3-12(9-14)17(25)13-4-2-8-21(10-13)16(24)11-22-15(23)6-7-20-18(22)26/h1,3,5,9,13H,2,4,6-8,10-11H2,(H,20,26)/t13-/m1/s1. The predicted molar refractivity (Wildman–Crippen MR) is 94.8 cm³/mol. The van der Waals surface area contributed by atoms with Crippen LogP contribution in [0.3, 0.4) is 0 Å². The molecule has 0 saturated carbocycles. The number of benzene rings is 1. The number of nitrogens with one attached hydrogen (secondary N) is 1. The number of carbonyl (C=O) groups excluding carboxylic acids is 4. The first-order chi connectivity index (χ1) is 12.5. The Morgan fingerprint density at radius 2 is 2.08 bits per heavy atom. The minimum absolute atomic E-state index is 0.0446. The number of hydrogen-bond acceptors (Lipinski definition) is 4. The third-order valence-electron chi connectivity index (χ3n) is 4.71. The Kier molecular flexibility index (Phi) is 5.56. The molecule has 1 atom stereocenters. The number of likely N-dealkylation sites (tertiary alicyclic amines) is 1. The minimum Gasteiger partial charge on any atom is -0.340 e. The maximum absolute atomic E-state index is 12.7. The van der Waals surface area contributed by atoms with Gasteiger partial charge in [-0.1, -0.05) is 23.7 Å². The lowest BCUT2D eigenvalue weighted by Gasteiger charge is -2.34. The van der Waals surface area contributed by atoms with E-state index >= 15 is 0 Å². The highest BCUT2D eigenvalue weighted by Gasteiger charge is 2.33. The largest absolute Gasteiger partial charge is 0.340 e. The summed E-state index contributed by atoms with van der Waals surface area (Å²) in [5.74, 6) is -1.03. The molecule has 0 unspecified atom stereocenters. The van der Waals surface area contributed by atoms with E-state index < -0.39 is 6.03 Å². The highest BCUT2D eigenvalue weighted by atomic mass is 35.5. The fraction of sp³-hybridized carbons (Fsp3) is 0.444. The maximum Gasteiger partial charge on any atom is 0.324 e. The van der Waals surface area contributed by atoms with Crippen LogP contribution in [0.25, 0.3) is 0 Å². The summed E-state index contributed by atoms with van der Waals surface area (Å²) in [6.45, 7) is 0.806. The molecule has 2 aliphatic rings. The number of Topliss-reactive ketones (excluding diaryl/α,β-unsaturated/α-hetero) is 1. The summed E-state index contributed by atoms with van der Waals surface area (Å²) in [5.41, 5.74) is 0.530. The molecule has 2 fully saturated rings. The zero-order chi connectivity index (χ0) is 18.7. The molecule has 3 rings (SSSR count). The van der Waals surface area contributed by atoms with E-state index in [-0.39, 0.29) is 43.0 Å². The molecule has 138 valence electrons. The molecule has 1 aromatic carbocycles. The van der Waals surface area contributed by atoms with Crippen LogP contribution in [-0.2, 0) is 9.59 Å². The third kappa shape index (κ3) is 4.04. The molecule has 8 heteroatoms. The summed E-state index contributed by atoms with van der Waals surface area (Å²) in [6.07, 6.45) is 1.58. The van der Waals surface area contributed by atoms with Crippen LogP contribution in [-0.4, -0.2) is 59.6 Å². The van der Waals surface area contributed by atoms with Gasteiger partial charge in [0.15, 0.2) is 5.78 Å². The Labute approximate surface area is 156 Å². The molecule has 1 N–H and O–H groups in total. The summed E-state index contributed by atoms with van der Waals surface area (Å²) in [6, 6.07) is 6.23. The van der Waals surface area contributed by atoms with E-state index in [1.165, 1.54) is 0 Å². The number of hydrogen-bond donors (Lipinski definition) is 1. The average Bonchev–Trinajstić information content (AvgIpc) is 2.64. The van der Waals surface area contributed by atoms with Crippen LogP contribution in [0.4, 0.5) is 4.79 Å². The summed E-state index contributed by atoms with van der Waals surface area (Å²) in [4.78, 5) is 51.3. The number of nitrogens with zero attached hydrogens (tertiary/aromatic N) is 2. The van der Waals surface area contributed by atoms with E-state index in [0.29, 0.717) is 36.5 Å². The number of rotatable bonds is 4. The van der Waals surface area contributed by atoms with Gasteiger partial charge in [-0.25, -0.2) is 4.79 Å². The van der Waals surface area contributed by atoms with E-state index in [9.17, 15) is 19.2 Å². The molecule has 7 nitrogen and oxygen atoms in total. The number of carbonyl (C=O) groups is 4. The SMILES string of the molecule is O=C(c1cccc(Cl)c1)[C@@H]1CCCN(C(=O)CN2C(=O)CCNC2=O)C1. The molecule has 0 radical (unpaired) electrons. The molecule has 0 aromatic heterocycles. The predicted octanol–water partition coefficient (Wildman–Crippen LogP) is 1.70. The van der Waals surface area contributed by atoms with Gasteiger partial charge in [0.2, 0.25) is 11.8 Å². The molecule has 2 aliphatic heterocycles. The fourth-order valence-corrected chi connectivity index (χ4v) is 3.50. The molecule has 0 bridgehead atoms. The van der Waals surface area contributed by atoms with Crippen molar-refractivity contribution in [2.75, 3.05) is 26.2 Å². The zero-order valence-electron chi connectivity index (χ0n) is 14.2. The fourth-order valence-electron chi connectivity index (χ4n) is 3.31. The van der Waals surface area contributed by atoms with Crippen LogP contribution in [0.2, 0.25) is 5.02 Å². The van der Waals surface area contributed by atoms with Crippen molar-refractivity contribution in [3.63, 3.8) is 0 Å². The molecule has 1 aromatic rings. The number of ketones is 1. The monoisotopic (exact) mass is 377 g/mol. The number of urea groups is 1. The van der Waals surface area contributed by atoms with Crippen molar-refractivity contribution >= 4 is 35.2 Å². The van der Waals surface area contributed by atoms with Gasteiger partial charge in [0.1, 0.15) is 6.54 Å². The summed E-state index contributed by atoms with van der Waals surface area (Å²) >= 11 is 5.95. The first kappa shape index (κ1) is 18.4. The zero-order valence-corrected chi connectivity index (χ0v) is 15.0. The third-order valence-corrected chi connectivity index (χ3v) is 4.94. The highest BCUT2D eigenvalue weighted by molar-refractivity contribution is 6.31. The summed E-state index contributed by atoms with van der Waals surface area (Å²) < 4.78 is 0. The van der Waals surface area contributed by atoms with Crippen molar-refractivity contribution in [2.45, 2.75) is 19.3 Å². The van der Waals surface area contributed by atoms with Gasteiger partial charge in [-0.2, -0.15) is 0 Å². The van der Waals surface area contributed by atoms with Gasteiger partial charge in [0.25, 0.3) is 0 Å². The van der Waals surface area contributed by atoms with Crippen molar-refractivity contribution in [2.24, 2.45) is 5.92 Å². The van der Waals surface area contributed by atoms with Crippen LogP contribution in [0.5, 0.6) is 0 Å². The van der Waals surface area contributed by atoms with Gasteiger partial charge in [-0.15, -0.1) is 0 Å². The number of halogens is 1. The second-order valence-corrected chi connectivity index (χ2v) is 6.95. The summed E-state index contributed by atoms with van der Waals surface area (Å²) in [7, 11) is 0. The van der Waals surface area contributed by atoms with Crippen LogP contribution < -0.4 is 5.32 Å². The molecule has 0 spiro atoms. The molecular formula is C18H20ClN3O4. The van der Waals surface area contributed by atoms with Crippen LogP contribution >= 0.6 is 11.6 Å². The van der Waals surface area contributed by atoms with Gasteiger partial charge in [-0.05, 0) is 25.0 Å². The van der Waals surface area contributed by atoms with Gasteiger partial charge in [0.05, 0.1) is 0 Å².